The first-order valence-corrected chi connectivity index (χ1v) is 10.6. The van der Waals surface area contributed by atoms with Crippen LogP contribution < -0.4 is 10.6 Å². The zero-order chi connectivity index (χ0) is 20.3. The number of nitrogens with zero attached hydrogens (tertiary/aromatic N) is 2. The van der Waals surface area contributed by atoms with Gasteiger partial charge in [0.05, 0.1) is 12.6 Å². The number of urea groups is 1. The molecule has 0 bridgehead atoms. The lowest BCUT2D eigenvalue weighted by molar-refractivity contribution is -0.122. The Hall–Kier alpha value is -1.83. The van der Waals surface area contributed by atoms with Crippen molar-refractivity contribution in [2.75, 3.05) is 19.6 Å². The van der Waals surface area contributed by atoms with Crippen LogP contribution in [-0.4, -0.2) is 71.2 Å². The number of piperidine rings is 1. The number of carbonyl (C=O) groups is 3. The summed E-state index contributed by atoms with van der Waals surface area (Å²) in [5.41, 5.74) is -0.523. The van der Waals surface area contributed by atoms with E-state index >= 15 is 0 Å². The van der Waals surface area contributed by atoms with E-state index in [0.29, 0.717) is 6.54 Å². The first-order valence-electron chi connectivity index (χ1n) is 10.6. The second-order valence-electron chi connectivity index (χ2n) is 9.21. The second kappa shape index (κ2) is 8.68. The van der Waals surface area contributed by atoms with E-state index in [2.05, 4.69) is 15.5 Å². The van der Waals surface area contributed by atoms with Gasteiger partial charge in [0.1, 0.15) is 5.60 Å². The molecule has 2 atom stereocenters. The molecule has 0 unspecified atom stereocenters. The molecule has 0 spiro atoms. The van der Waals surface area contributed by atoms with E-state index in [-0.39, 0.29) is 36.7 Å². The van der Waals surface area contributed by atoms with Crippen molar-refractivity contribution in [2.45, 2.75) is 89.4 Å². The fourth-order valence-corrected chi connectivity index (χ4v) is 4.19. The van der Waals surface area contributed by atoms with E-state index < -0.39 is 11.6 Å². The number of imide groups is 1. The third-order valence-electron chi connectivity index (χ3n) is 5.55. The summed E-state index contributed by atoms with van der Waals surface area (Å²) in [6.45, 7) is 7.31. The minimum Gasteiger partial charge on any atom is -0.444 e. The molecule has 1 aliphatic carbocycles. The maximum atomic E-state index is 12.6. The molecular weight excluding hydrogens is 360 g/mol. The zero-order valence-corrected chi connectivity index (χ0v) is 17.3. The number of ether oxygens (including phenoxy) is 1. The Balaban J connectivity index is 1.59. The SMILES string of the molecule is CC(C)(C)OC(=O)N1CCC[C@H]1[C@@H]1CCCCN1CC(=O)NC(=O)NC1CC1. The summed E-state index contributed by atoms with van der Waals surface area (Å²) in [4.78, 5) is 40.8. The quantitative estimate of drug-likeness (QED) is 0.763. The Kier molecular flexibility index (Phi) is 6.47. The van der Waals surface area contributed by atoms with Crippen LogP contribution in [0.1, 0.15) is 65.7 Å². The fourth-order valence-electron chi connectivity index (χ4n) is 4.19. The van der Waals surface area contributed by atoms with Gasteiger partial charge in [-0.25, -0.2) is 9.59 Å². The molecular formula is C20H34N4O4. The predicted molar refractivity (Wildman–Crippen MR) is 105 cm³/mol. The van der Waals surface area contributed by atoms with E-state index in [0.717, 1.165) is 51.5 Å². The second-order valence-corrected chi connectivity index (χ2v) is 9.21. The highest BCUT2D eigenvalue weighted by Crippen LogP contribution is 2.30. The minimum atomic E-state index is -0.523. The Labute approximate surface area is 167 Å². The van der Waals surface area contributed by atoms with Gasteiger partial charge in [0.2, 0.25) is 5.91 Å². The van der Waals surface area contributed by atoms with Gasteiger partial charge >= 0.3 is 12.1 Å². The lowest BCUT2D eigenvalue weighted by Gasteiger charge is -2.42. The molecule has 2 aliphatic heterocycles. The molecule has 0 aromatic rings. The van der Waals surface area contributed by atoms with Gasteiger partial charge in [-0.3, -0.25) is 15.0 Å². The van der Waals surface area contributed by atoms with Crippen LogP contribution >= 0.6 is 0 Å². The highest BCUT2D eigenvalue weighted by Gasteiger charge is 2.40. The van der Waals surface area contributed by atoms with Gasteiger partial charge in [0.15, 0.2) is 0 Å². The summed E-state index contributed by atoms with van der Waals surface area (Å²) >= 11 is 0. The maximum absolute atomic E-state index is 12.6. The molecule has 0 aromatic heterocycles. The summed E-state index contributed by atoms with van der Waals surface area (Å²) in [5.74, 6) is -0.285. The molecule has 8 heteroatoms. The van der Waals surface area contributed by atoms with Crippen molar-refractivity contribution in [3.05, 3.63) is 0 Å². The number of amides is 4. The first-order chi connectivity index (χ1) is 13.2. The normalized spacial score (nSPS) is 26.0. The smallest absolute Gasteiger partial charge is 0.410 e. The molecule has 2 heterocycles. The monoisotopic (exact) mass is 394 g/mol. The number of carbonyl (C=O) groups excluding carboxylic acids is 3. The highest BCUT2D eigenvalue weighted by atomic mass is 16.6. The van der Waals surface area contributed by atoms with Gasteiger partial charge in [0.25, 0.3) is 0 Å². The fraction of sp³-hybridized carbons (Fsp3) is 0.850. The first kappa shape index (κ1) is 20.9. The van der Waals surface area contributed by atoms with Crippen LogP contribution in [0.3, 0.4) is 0 Å². The molecule has 0 radical (unpaired) electrons. The highest BCUT2D eigenvalue weighted by molar-refractivity contribution is 5.95. The zero-order valence-electron chi connectivity index (χ0n) is 17.3. The Bertz CT molecular complexity index is 600. The summed E-state index contributed by atoms with van der Waals surface area (Å²) in [7, 11) is 0. The van der Waals surface area contributed by atoms with Gasteiger partial charge in [-0.05, 0) is 65.8 Å². The van der Waals surface area contributed by atoms with Crippen molar-refractivity contribution >= 4 is 18.0 Å². The maximum Gasteiger partial charge on any atom is 0.410 e. The molecule has 158 valence electrons. The van der Waals surface area contributed by atoms with E-state index in [4.69, 9.17) is 4.74 Å². The molecule has 8 nitrogen and oxygen atoms in total. The van der Waals surface area contributed by atoms with Crippen LogP contribution in [0.15, 0.2) is 0 Å². The number of hydrogen-bond donors (Lipinski definition) is 2. The van der Waals surface area contributed by atoms with Gasteiger partial charge < -0.3 is 15.0 Å². The topological polar surface area (TPSA) is 91.0 Å². The van der Waals surface area contributed by atoms with Crippen LogP contribution in [-0.2, 0) is 9.53 Å². The molecule has 0 aromatic carbocycles. The number of hydrogen-bond acceptors (Lipinski definition) is 5. The number of rotatable bonds is 4. The number of nitrogens with one attached hydrogen (secondary N) is 2. The summed E-state index contributed by atoms with van der Waals surface area (Å²) < 4.78 is 5.59. The molecule has 1 saturated carbocycles. The Morgan fingerprint density at radius 1 is 0.964 bits per heavy atom. The number of likely N-dealkylation sites (tertiary alicyclic amines) is 2. The molecule has 3 rings (SSSR count). The van der Waals surface area contributed by atoms with Crippen molar-refractivity contribution in [3.63, 3.8) is 0 Å². The molecule has 4 amide bonds. The van der Waals surface area contributed by atoms with Crippen LogP contribution in [0, 0.1) is 0 Å². The van der Waals surface area contributed by atoms with Crippen LogP contribution in [0.4, 0.5) is 9.59 Å². The molecule has 2 N–H and O–H groups in total. The molecule has 3 fully saturated rings. The van der Waals surface area contributed by atoms with E-state index in [9.17, 15) is 14.4 Å². The molecule has 3 aliphatic rings. The van der Waals surface area contributed by atoms with Crippen molar-refractivity contribution in [2.24, 2.45) is 0 Å². The van der Waals surface area contributed by atoms with E-state index in [1.165, 1.54) is 0 Å². The Morgan fingerprint density at radius 2 is 1.68 bits per heavy atom. The van der Waals surface area contributed by atoms with Gasteiger partial charge in [-0.1, -0.05) is 6.42 Å². The lowest BCUT2D eigenvalue weighted by atomic mass is 9.94. The average molecular weight is 395 g/mol. The van der Waals surface area contributed by atoms with Crippen molar-refractivity contribution in [1.29, 1.82) is 0 Å². The van der Waals surface area contributed by atoms with Crippen LogP contribution in [0.2, 0.25) is 0 Å². The van der Waals surface area contributed by atoms with Gasteiger partial charge in [0, 0.05) is 18.6 Å². The third-order valence-corrected chi connectivity index (χ3v) is 5.55. The van der Waals surface area contributed by atoms with Crippen LogP contribution in [0.5, 0.6) is 0 Å². The standard InChI is InChI=1S/C20H34N4O4/c1-20(2,3)28-19(27)24-12-6-8-16(24)15-7-4-5-11-23(15)13-17(25)22-18(26)21-14-9-10-14/h14-16H,4-13H2,1-3H3,(H2,21,22,25,26)/t15-,16-/m0/s1. The van der Waals surface area contributed by atoms with Crippen molar-refractivity contribution < 1.29 is 19.1 Å². The van der Waals surface area contributed by atoms with E-state index in [1.807, 2.05) is 25.7 Å². The molecule has 28 heavy (non-hydrogen) atoms. The van der Waals surface area contributed by atoms with Gasteiger partial charge in [-0.2, -0.15) is 0 Å². The van der Waals surface area contributed by atoms with Gasteiger partial charge in [-0.15, -0.1) is 0 Å². The lowest BCUT2D eigenvalue weighted by Crippen LogP contribution is -2.56. The minimum absolute atomic E-state index is 0.0586. The van der Waals surface area contributed by atoms with Crippen molar-refractivity contribution in [1.82, 2.24) is 20.4 Å². The Morgan fingerprint density at radius 3 is 2.36 bits per heavy atom. The molecule has 2 saturated heterocycles. The summed E-state index contributed by atoms with van der Waals surface area (Å²) in [6, 6.07) is -0.00188. The van der Waals surface area contributed by atoms with Crippen LogP contribution in [0.25, 0.3) is 0 Å². The largest absolute Gasteiger partial charge is 0.444 e. The van der Waals surface area contributed by atoms with E-state index in [1.54, 1.807) is 0 Å². The average Bonchev–Trinajstić information content (AvgIpc) is 3.25. The summed E-state index contributed by atoms with van der Waals surface area (Å²) in [6.07, 6.45) is 6.63. The van der Waals surface area contributed by atoms with Crippen molar-refractivity contribution in [3.8, 4) is 0 Å². The predicted octanol–water partition coefficient (Wildman–Crippen LogP) is 2.23. The third kappa shape index (κ3) is 5.83. The summed E-state index contributed by atoms with van der Waals surface area (Å²) in [5, 5.41) is 5.21.